The van der Waals surface area contributed by atoms with Gasteiger partial charge in [0, 0.05) is 18.4 Å². The molecule has 10 heteroatoms. The maximum Gasteiger partial charge on any atom is 0.573 e. The van der Waals surface area contributed by atoms with Crippen LogP contribution in [-0.4, -0.2) is 27.2 Å². The molecule has 0 aliphatic heterocycles. The summed E-state index contributed by atoms with van der Waals surface area (Å²) in [6.45, 7) is 0. The highest BCUT2D eigenvalue weighted by atomic mass is 32.1. The number of carbonyl (C=O) groups is 1. The monoisotopic (exact) mass is 368 g/mol. The number of hydrogen-bond acceptors (Lipinski definition) is 6. The number of thiazole rings is 1. The van der Waals surface area contributed by atoms with Crippen molar-refractivity contribution in [2.24, 2.45) is 5.73 Å². The van der Waals surface area contributed by atoms with Gasteiger partial charge >= 0.3 is 6.36 Å². The molecule has 1 aromatic carbocycles. The van der Waals surface area contributed by atoms with Crippen molar-refractivity contribution in [1.29, 1.82) is 0 Å². The Morgan fingerprint density at radius 2 is 1.92 bits per heavy atom. The number of aryl methyl sites for hydroxylation is 1. The summed E-state index contributed by atoms with van der Waals surface area (Å²) in [7, 11) is 0. The topological polar surface area (TPSA) is 91.0 Å². The number of primary amides is 1. The standard InChI is InChI=1S/C15H11F3N4O2S/c16-15(17,18)24-9-3-1-8(2-4-9)12-13-14(25-7-20-13)22-11(21-12)6-5-10(19)23/h1-4,7H,5-6H2,(H2,19,23). The van der Waals surface area contributed by atoms with E-state index in [1.54, 1.807) is 5.51 Å². The second-order valence-corrected chi connectivity index (χ2v) is 5.87. The van der Waals surface area contributed by atoms with Crippen LogP contribution in [0.1, 0.15) is 12.2 Å². The van der Waals surface area contributed by atoms with Crippen LogP contribution in [0.15, 0.2) is 29.8 Å². The molecule has 0 radical (unpaired) electrons. The van der Waals surface area contributed by atoms with Crippen molar-refractivity contribution >= 4 is 27.6 Å². The molecule has 1 amide bonds. The number of benzene rings is 1. The first kappa shape index (κ1) is 17.1. The van der Waals surface area contributed by atoms with Crippen molar-refractivity contribution in [2.75, 3.05) is 0 Å². The van der Waals surface area contributed by atoms with Crippen LogP contribution in [-0.2, 0) is 11.2 Å². The second kappa shape index (κ2) is 6.63. The van der Waals surface area contributed by atoms with Crippen LogP contribution in [0.25, 0.3) is 21.6 Å². The molecule has 2 N–H and O–H groups in total. The lowest BCUT2D eigenvalue weighted by atomic mass is 10.1. The van der Waals surface area contributed by atoms with E-state index in [0.717, 1.165) is 0 Å². The molecule has 0 saturated heterocycles. The molecule has 2 aromatic heterocycles. The van der Waals surface area contributed by atoms with Crippen LogP contribution in [0.5, 0.6) is 5.75 Å². The number of rotatable bonds is 5. The van der Waals surface area contributed by atoms with E-state index in [4.69, 9.17) is 5.73 Å². The van der Waals surface area contributed by atoms with E-state index >= 15 is 0 Å². The molecule has 6 nitrogen and oxygen atoms in total. The largest absolute Gasteiger partial charge is 0.573 e. The second-order valence-electron chi connectivity index (χ2n) is 5.03. The zero-order valence-electron chi connectivity index (χ0n) is 12.6. The number of alkyl halides is 3. The Kier molecular flexibility index (Phi) is 4.53. The fourth-order valence-electron chi connectivity index (χ4n) is 2.17. The molecule has 0 unspecified atom stereocenters. The number of amides is 1. The van der Waals surface area contributed by atoms with Gasteiger partial charge in [-0.25, -0.2) is 15.0 Å². The molecule has 25 heavy (non-hydrogen) atoms. The highest BCUT2D eigenvalue weighted by Crippen LogP contribution is 2.30. The SMILES string of the molecule is NC(=O)CCc1nc(-c2ccc(OC(F)(F)F)cc2)c2ncsc2n1. The Morgan fingerprint density at radius 1 is 1.20 bits per heavy atom. The molecule has 0 fully saturated rings. The van der Waals surface area contributed by atoms with E-state index in [2.05, 4.69) is 19.7 Å². The number of ether oxygens (including phenoxy) is 1. The predicted molar refractivity (Wildman–Crippen MR) is 84.8 cm³/mol. The molecule has 3 aromatic rings. The first-order chi connectivity index (χ1) is 11.8. The third kappa shape index (κ3) is 4.21. The maximum absolute atomic E-state index is 12.2. The summed E-state index contributed by atoms with van der Waals surface area (Å²) < 4.78 is 40.6. The molecule has 0 aliphatic rings. The molecule has 0 bridgehead atoms. The Morgan fingerprint density at radius 3 is 2.56 bits per heavy atom. The molecule has 130 valence electrons. The first-order valence-electron chi connectivity index (χ1n) is 7.06. The minimum Gasteiger partial charge on any atom is -0.406 e. The van der Waals surface area contributed by atoms with E-state index in [1.807, 2.05) is 0 Å². The van der Waals surface area contributed by atoms with Gasteiger partial charge < -0.3 is 10.5 Å². The highest BCUT2D eigenvalue weighted by molar-refractivity contribution is 7.16. The van der Waals surface area contributed by atoms with Crippen LogP contribution in [0.4, 0.5) is 13.2 Å². The lowest BCUT2D eigenvalue weighted by molar-refractivity contribution is -0.274. The molecule has 0 atom stereocenters. The van der Waals surface area contributed by atoms with Crippen molar-refractivity contribution in [3.05, 3.63) is 35.6 Å². The zero-order chi connectivity index (χ0) is 18.0. The number of carbonyl (C=O) groups excluding carboxylic acids is 1. The summed E-state index contributed by atoms with van der Waals surface area (Å²) in [5, 5.41) is 0. The summed E-state index contributed by atoms with van der Waals surface area (Å²) >= 11 is 1.30. The van der Waals surface area contributed by atoms with E-state index in [1.165, 1.54) is 35.6 Å². The molecule has 0 spiro atoms. The number of nitrogens with two attached hydrogens (primary N) is 1. The summed E-state index contributed by atoms with van der Waals surface area (Å²) in [6.07, 6.45) is -4.38. The third-order valence-electron chi connectivity index (χ3n) is 3.20. The van der Waals surface area contributed by atoms with Crippen LogP contribution in [0.3, 0.4) is 0 Å². The van der Waals surface area contributed by atoms with Gasteiger partial charge in [0.2, 0.25) is 5.91 Å². The average molecular weight is 368 g/mol. The minimum atomic E-state index is -4.75. The Balaban J connectivity index is 1.96. The fourth-order valence-corrected chi connectivity index (χ4v) is 2.85. The quantitative estimate of drug-likeness (QED) is 0.747. The fraction of sp³-hybridized carbons (Fsp3) is 0.200. The molecular formula is C15H11F3N4O2S. The van der Waals surface area contributed by atoms with Gasteiger partial charge in [-0.3, -0.25) is 4.79 Å². The van der Waals surface area contributed by atoms with Gasteiger partial charge in [-0.2, -0.15) is 0 Å². The minimum absolute atomic E-state index is 0.0993. The van der Waals surface area contributed by atoms with Gasteiger partial charge in [-0.15, -0.1) is 24.5 Å². The molecule has 0 saturated carbocycles. The molecule has 3 rings (SSSR count). The third-order valence-corrected chi connectivity index (χ3v) is 3.92. The van der Waals surface area contributed by atoms with Crippen molar-refractivity contribution in [2.45, 2.75) is 19.2 Å². The van der Waals surface area contributed by atoms with Gasteiger partial charge in [0.15, 0.2) is 0 Å². The highest BCUT2D eigenvalue weighted by Gasteiger charge is 2.31. The molecule has 0 aliphatic carbocycles. The van der Waals surface area contributed by atoms with Crippen molar-refractivity contribution < 1.29 is 22.7 Å². The number of aromatic nitrogens is 3. The lowest BCUT2D eigenvalue weighted by Gasteiger charge is -2.09. The van der Waals surface area contributed by atoms with Gasteiger partial charge in [0.1, 0.15) is 27.6 Å². The van der Waals surface area contributed by atoms with E-state index in [-0.39, 0.29) is 18.6 Å². The lowest BCUT2D eigenvalue weighted by Crippen LogP contribution is -2.16. The number of fused-ring (bicyclic) bond motifs is 1. The van der Waals surface area contributed by atoms with E-state index in [0.29, 0.717) is 27.4 Å². The number of hydrogen-bond donors (Lipinski definition) is 1. The van der Waals surface area contributed by atoms with E-state index < -0.39 is 12.3 Å². The van der Waals surface area contributed by atoms with Crippen LogP contribution in [0, 0.1) is 0 Å². The van der Waals surface area contributed by atoms with Gasteiger partial charge in [-0.05, 0) is 24.3 Å². The Hall–Kier alpha value is -2.75. The van der Waals surface area contributed by atoms with Crippen molar-refractivity contribution in [3.8, 4) is 17.0 Å². The van der Waals surface area contributed by atoms with Crippen molar-refractivity contribution in [3.63, 3.8) is 0 Å². The summed E-state index contributed by atoms with van der Waals surface area (Å²) in [4.78, 5) is 24.5. The normalized spacial score (nSPS) is 11.6. The van der Waals surface area contributed by atoms with Gasteiger partial charge in [0.05, 0.1) is 5.51 Å². The van der Waals surface area contributed by atoms with Crippen molar-refractivity contribution in [1.82, 2.24) is 15.0 Å². The predicted octanol–water partition coefficient (Wildman–Crippen LogP) is 3.07. The van der Waals surface area contributed by atoms with E-state index in [9.17, 15) is 18.0 Å². The van der Waals surface area contributed by atoms with Crippen LogP contribution in [0.2, 0.25) is 0 Å². The van der Waals surface area contributed by atoms with Crippen LogP contribution >= 0.6 is 11.3 Å². The zero-order valence-corrected chi connectivity index (χ0v) is 13.4. The van der Waals surface area contributed by atoms with Crippen LogP contribution < -0.4 is 10.5 Å². The number of nitrogens with zero attached hydrogens (tertiary/aromatic N) is 3. The van der Waals surface area contributed by atoms with Gasteiger partial charge in [0.25, 0.3) is 0 Å². The molecular weight excluding hydrogens is 357 g/mol. The summed E-state index contributed by atoms with van der Waals surface area (Å²) in [5.74, 6) is -0.377. The Bertz CT molecular complexity index is 909. The average Bonchev–Trinajstić information content (AvgIpc) is 3.00. The smallest absolute Gasteiger partial charge is 0.406 e. The first-order valence-corrected chi connectivity index (χ1v) is 7.94. The molecule has 2 heterocycles. The number of halogens is 3. The summed E-state index contributed by atoms with van der Waals surface area (Å²) in [6, 6.07) is 5.32. The van der Waals surface area contributed by atoms with Gasteiger partial charge in [-0.1, -0.05) is 0 Å². The summed E-state index contributed by atoms with van der Waals surface area (Å²) in [5.41, 5.74) is 8.32. The maximum atomic E-state index is 12.2. The Labute approximate surface area is 143 Å².